The number of imidazole rings is 1. The third kappa shape index (κ3) is 2.82. The van der Waals surface area contributed by atoms with E-state index >= 15 is 0 Å². The van der Waals surface area contributed by atoms with Crippen molar-refractivity contribution in [2.24, 2.45) is 0 Å². The van der Waals surface area contributed by atoms with Gasteiger partial charge >= 0.3 is 5.97 Å². The zero-order chi connectivity index (χ0) is 14.7. The molecule has 1 heterocycles. The fraction of sp³-hybridized carbons (Fsp3) is 0.231. The minimum absolute atomic E-state index is 0.0405. The minimum Gasteiger partial charge on any atom is -0.477 e. The smallest absolute Gasteiger partial charge is 0.354 e. The molecule has 1 aromatic carbocycles. The molecule has 0 saturated carbocycles. The number of aromatic nitrogens is 2. The number of nitro benzene ring substituents is 1. The van der Waals surface area contributed by atoms with Crippen molar-refractivity contribution in [1.29, 1.82) is 0 Å². The SMILES string of the molecule is Cc1ncc(C(=O)O)n1CCc1ccc([N+](=O)[O-])cc1. The van der Waals surface area contributed by atoms with Gasteiger partial charge in [0.25, 0.3) is 5.69 Å². The molecule has 0 aliphatic heterocycles. The van der Waals surface area contributed by atoms with Crippen LogP contribution in [0.2, 0.25) is 0 Å². The third-order valence-electron chi connectivity index (χ3n) is 3.05. The number of aryl methyl sites for hydroxylation is 2. The summed E-state index contributed by atoms with van der Waals surface area (Å²) in [5.41, 5.74) is 1.09. The topological polar surface area (TPSA) is 98.3 Å². The molecule has 2 rings (SSSR count). The summed E-state index contributed by atoms with van der Waals surface area (Å²) in [5.74, 6) is -0.390. The lowest BCUT2D eigenvalue weighted by molar-refractivity contribution is -0.384. The number of carbonyl (C=O) groups is 1. The Balaban J connectivity index is 2.11. The highest BCUT2D eigenvalue weighted by molar-refractivity contribution is 5.85. The van der Waals surface area contributed by atoms with Gasteiger partial charge in [0, 0.05) is 18.7 Å². The Bertz CT molecular complexity index is 646. The molecule has 7 nitrogen and oxygen atoms in total. The molecule has 20 heavy (non-hydrogen) atoms. The fourth-order valence-electron chi connectivity index (χ4n) is 1.95. The third-order valence-corrected chi connectivity index (χ3v) is 3.05. The number of aromatic carboxylic acids is 1. The Morgan fingerprint density at radius 1 is 1.40 bits per heavy atom. The number of carboxylic acids is 1. The molecule has 0 aliphatic carbocycles. The van der Waals surface area contributed by atoms with Gasteiger partial charge in [0.05, 0.1) is 11.1 Å². The Labute approximate surface area is 114 Å². The van der Waals surface area contributed by atoms with Crippen molar-refractivity contribution in [3.8, 4) is 0 Å². The number of nitrogens with zero attached hydrogens (tertiary/aromatic N) is 3. The predicted octanol–water partition coefficient (Wildman–Crippen LogP) is 2.04. The first-order valence-corrected chi connectivity index (χ1v) is 5.98. The first-order valence-electron chi connectivity index (χ1n) is 5.98. The highest BCUT2D eigenvalue weighted by Gasteiger charge is 2.13. The van der Waals surface area contributed by atoms with Crippen molar-refractivity contribution in [3.63, 3.8) is 0 Å². The number of benzene rings is 1. The van der Waals surface area contributed by atoms with Gasteiger partial charge in [0.15, 0.2) is 0 Å². The number of rotatable bonds is 5. The summed E-state index contributed by atoms with van der Waals surface area (Å²) in [6.45, 7) is 2.20. The van der Waals surface area contributed by atoms with Crippen LogP contribution in [-0.4, -0.2) is 25.6 Å². The van der Waals surface area contributed by atoms with Crippen LogP contribution in [0.25, 0.3) is 0 Å². The Morgan fingerprint density at radius 3 is 2.60 bits per heavy atom. The normalized spacial score (nSPS) is 10.4. The molecule has 0 saturated heterocycles. The van der Waals surface area contributed by atoms with E-state index < -0.39 is 10.9 Å². The van der Waals surface area contributed by atoms with Crippen LogP contribution >= 0.6 is 0 Å². The highest BCUT2D eigenvalue weighted by Crippen LogP contribution is 2.14. The number of nitro groups is 1. The summed E-state index contributed by atoms with van der Waals surface area (Å²) in [6, 6.07) is 6.22. The number of carboxylic acid groups (broad SMARTS) is 1. The van der Waals surface area contributed by atoms with Crippen LogP contribution in [0.4, 0.5) is 5.69 Å². The Morgan fingerprint density at radius 2 is 2.05 bits per heavy atom. The largest absolute Gasteiger partial charge is 0.477 e. The van der Waals surface area contributed by atoms with Crippen molar-refractivity contribution in [2.45, 2.75) is 19.9 Å². The number of hydrogen-bond donors (Lipinski definition) is 1. The second-order valence-electron chi connectivity index (χ2n) is 4.32. The summed E-state index contributed by atoms with van der Waals surface area (Å²) in [7, 11) is 0. The molecule has 7 heteroatoms. The van der Waals surface area contributed by atoms with E-state index in [0.29, 0.717) is 18.8 Å². The summed E-state index contributed by atoms with van der Waals surface area (Å²) in [6.07, 6.45) is 1.91. The molecule has 1 aromatic heterocycles. The van der Waals surface area contributed by atoms with Gasteiger partial charge in [-0.25, -0.2) is 9.78 Å². The van der Waals surface area contributed by atoms with Crippen LogP contribution in [0.15, 0.2) is 30.5 Å². The first-order chi connectivity index (χ1) is 9.49. The zero-order valence-corrected chi connectivity index (χ0v) is 10.8. The second-order valence-corrected chi connectivity index (χ2v) is 4.32. The maximum atomic E-state index is 11.0. The van der Waals surface area contributed by atoms with Crippen molar-refractivity contribution in [3.05, 3.63) is 57.7 Å². The summed E-state index contributed by atoms with van der Waals surface area (Å²) in [4.78, 5) is 25.1. The monoisotopic (exact) mass is 275 g/mol. The summed E-state index contributed by atoms with van der Waals surface area (Å²) in [5, 5.41) is 19.6. The van der Waals surface area contributed by atoms with Crippen LogP contribution in [-0.2, 0) is 13.0 Å². The fourth-order valence-corrected chi connectivity index (χ4v) is 1.95. The van der Waals surface area contributed by atoms with Gasteiger partial charge in [-0.2, -0.15) is 0 Å². The summed E-state index contributed by atoms with van der Waals surface area (Å²) < 4.78 is 1.61. The van der Waals surface area contributed by atoms with E-state index in [2.05, 4.69) is 4.98 Å². The lowest BCUT2D eigenvalue weighted by Gasteiger charge is -2.07. The maximum Gasteiger partial charge on any atom is 0.354 e. The standard InChI is InChI=1S/C13H13N3O4/c1-9-14-8-12(13(17)18)15(9)7-6-10-2-4-11(5-3-10)16(19)20/h2-5,8H,6-7H2,1H3,(H,17,18). The van der Waals surface area contributed by atoms with Crippen LogP contribution < -0.4 is 0 Å². The van der Waals surface area contributed by atoms with E-state index in [4.69, 9.17) is 5.11 Å². The van der Waals surface area contributed by atoms with Crippen LogP contribution in [0.1, 0.15) is 21.9 Å². The van der Waals surface area contributed by atoms with Crippen molar-refractivity contribution in [2.75, 3.05) is 0 Å². The van der Waals surface area contributed by atoms with Gasteiger partial charge in [-0.3, -0.25) is 10.1 Å². The van der Waals surface area contributed by atoms with E-state index in [1.807, 2.05) is 0 Å². The average Bonchev–Trinajstić information content (AvgIpc) is 2.78. The van der Waals surface area contributed by atoms with E-state index in [-0.39, 0.29) is 11.4 Å². The first kappa shape index (κ1) is 13.7. The van der Waals surface area contributed by atoms with Crippen molar-refractivity contribution >= 4 is 11.7 Å². The molecular formula is C13H13N3O4. The number of non-ortho nitro benzene ring substituents is 1. The maximum absolute atomic E-state index is 11.0. The van der Waals surface area contributed by atoms with Gasteiger partial charge < -0.3 is 9.67 Å². The van der Waals surface area contributed by atoms with Gasteiger partial charge in [-0.05, 0) is 18.9 Å². The lowest BCUT2D eigenvalue weighted by atomic mass is 10.1. The van der Waals surface area contributed by atoms with Crippen LogP contribution in [0, 0.1) is 17.0 Å². The van der Waals surface area contributed by atoms with Gasteiger partial charge in [0.2, 0.25) is 0 Å². The van der Waals surface area contributed by atoms with Crippen LogP contribution in [0.3, 0.4) is 0 Å². The zero-order valence-electron chi connectivity index (χ0n) is 10.8. The van der Waals surface area contributed by atoms with E-state index in [0.717, 1.165) is 5.56 Å². The van der Waals surface area contributed by atoms with Gasteiger partial charge in [-0.1, -0.05) is 12.1 Å². The molecule has 0 radical (unpaired) electrons. The molecule has 0 spiro atoms. The van der Waals surface area contributed by atoms with Crippen molar-refractivity contribution < 1.29 is 14.8 Å². The molecule has 2 aromatic rings. The van der Waals surface area contributed by atoms with Gasteiger partial charge in [0.1, 0.15) is 11.5 Å². The molecule has 0 amide bonds. The molecule has 1 N–H and O–H groups in total. The molecule has 0 fully saturated rings. The molecule has 104 valence electrons. The van der Waals surface area contributed by atoms with E-state index in [1.54, 1.807) is 23.6 Å². The van der Waals surface area contributed by atoms with E-state index in [9.17, 15) is 14.9 Å². The quantitative estimate of drug-likeness (QED) is 0.665. The predicted molar refractivity (Wildman–Crippen MR) is 70.7 cm³/mol. The van der Waals surface area contributed by atoms with Crippen molar-refractivity contribution in [1.82, 2.24) is 9.55 Å². The molecular weight excluding hydrogens is 262 g/mol. The lowest BCUT2D eigenvalue weighted by Crippen LogP contribution is -2.11. The highest BCUT2D eigenvalue weighted by atomic mass is 16.6. The second kappa shape index (κ2) is 5.52. The van der Waals surface area contributed by atoms with E-state index in [1.165, 1.54) is 18.3 Å². The van der Waals surface area contributed by atoms with Crippen LogP contribution in [0.5, 0.6) is 0 Å². The number of hydrogen-bond acceptors (Lipinski definition) is 4. The molecule has 0 aliphatic rings. The Hall–Kier alpha value is -2.70. The molecule has 0 unspecified atom stereocenters. The minimum atomic E-state index is -1.02. The average molecular weight is 275 g/mol. The van der Waals surface area contributed by atoms with Gasteiger partial charge in [-0.15, -0.1) is 0 Å². The summed E-state index contributed by atoms with van der Waals surface area (Å²) >= 11 is 0. The molecule has 0 bridgehead atoms. The Kier molecular flexibility index (Phi) is 3.79. The molecule has 0 atom stereocenters.